The minimum atomic E-state index is -1.24. The zero-order valence-electron chi connectivity index (χ0n) is 12.9. The van der Waals surface area contributed by atoms with E-state index in [0.29, 0.717) is 6.29 Å². The van der Waals surface area contributed by atoms with Gasteiger partial charge in [-0.05, 0) is 39.3 Å². The number of pyridine rings is 1. The van der Waals surface area contributed by atoms with Crippen molar-refractivity contribution in [2.45, 2.75) is 45.0 Å². The maximum atomic E-state index is 11.4. The lowest BCUT2D eigenvalue weighted by atomic mass is 10.1. The molecule has 0 aliphatic rings. The van der Waals surface area contributed by atoms with E-state index < -0.39 is 23.9 Å². The van der Waals surface area contributed by atoms with E-state index in [9.17, 15) is 19.8 Å². The van der Waals surface area contributed by atoms with Crippen LogP contribution in [0.1, 0.15) is 49.5 Å². The molecule has 7 nitrogen and oxygen atoms in total. The number of nitrogens with zero attached hydrogens (tertiary/aromatic N) is 1. The summed E-state index contributed by atoms with van der Waals surface area (Å²) in [5, 5.41) is 22.4. The number of aliphatic hydroxyl groups excluding tert-OH is 2. The number of aldehydes is 1. The van der Waals surface area contributed by atoms with Gasteiger partial charge < -0.3 is 20.3 Å². The Morgan fingerprint density at radius 2 is 2.09 bits per heavy atom. The number of rotatable bonds is 6. The van der Waals surface area contributed by atoms with Gasteiger partial charge in [-0.15, -0.1) is 0 Å². The van der Waals surface area contributed by atoms with Crippen LogP contribution in [0.3, 0.4) is 0 Å². The van der Waals surface area contributed by atoms with Crippen molar-refractivity contribution in [2.75, 3.05) is 6.54 Å². The molecule has 0 aromatic carbocycles. The Morgan fingerprint density at radius 1 is 1.41 bits per heavy atom. The van der Waals surface area contributed by atoms with Gasteiger partial charge in [0, 0.05) is 6.54 Å². The molecule has 1 aromatic rings. The molecule has 0 aliphatic carbocycles. The highest BCUT2D eigenvalue weighted by molar-refractivity contribution is 5.71. The van der Waals surface area contributed by atoms with Gasteiger partial charge in [-0.2, -0.15) is 0 Å². The van der Waals surface area contributed by atoms with Crippen molar-refractivity contribution in [3.63, 3.8) is 0 Å². The first-order chi connectivity index (χ1) is 10.2. The zero-order valence-corrected chi connectivity index (χ0v) is 12.9. The summed E-state index contributed by atoms with van der Waals surface area (Å²) in [6.07, 6.45) is -2.26. The summed E-state index contributed by atoms with van der Waals surface area (Å²) < 4.78 is 5.05. The smallest absolute Gasteiger partial charge is 0.407 e. The number of ether oxygens (including phenoxy) is 1. The molecule has 0 bridgehead atoms. The van der Waals surface area contributed by atoms with Crippen LogP contribution in [-0.2, 0) is 4.74 Å². The number of hydrogen-bond donors (Lipinski definition) is 3. The molecule has 7 heteroatoms. The van der Waals surface area contributed by atoms with Crippen LogP contribution in [0, 0.1) is 0 Å². The number of alkyl carbamates (subject to hydrolysis) is 1. The van der Waals surface area contributed by atoms with Crippen molar-refractivity contribution in [2.24, 2.45) is 0 Å². The molecule has 2 unspecified atom stereocenters. The molecule has 0 saturated carbocycles. The minimum absolute atomic E-state index is 0.118. The van der Waals surface area contributed by atoms with Crippen LogP contribution < -0.4 is 5.32 Å². The summed E-state index contributed by atoms with van der Waals surface area (Å²) >= 11 is 0. The standard InChI is InChI=1S/C15H22N2O5/c1-15(2,3)22-14(21)16-8-7-12(19)13(20)11-6-4-5-10(9-18)17-11/h4-6,9,12-13,19-20H,7-8H2,1-3H3,(H,16,21). The summed E-state index contributed by atoms with van der Waals surface area (Å²) in [6, 6.07) is 4.59. The Kier molecular flexibility index (Phi) is 6.45. The van der Waals surface area contributed by atoms with Crippen LogP contribution in [0.25, 0.3) is 0 Å². The Balaban J connectivity index is 2.46. The number of carbonyl (C=O) groups excluding carboxylic acids is 2. The number of nitrogens with one attached hydrogen (secondary N) is 1. The van der Waals surface area contributed by atoms with E-state index in [2.05, 4.69) is 10.3 Å². The van der Waals surface area contributed by atoms with Crippen LogP contribution in [-0.4, -0.2) is 45.8 Å². The van der Waals surface area contributed by atoms with Gasteiger partial charge in [0.05, 0.1) is 11.8 Å². The number of hydrogen-bond acceptors (Lipinski definition) is 6. The van der Waals surface area contributed by atoms with Crippen LogP contribution in [0.5, 0.6) is 0 Å². The summed E-state index contributed by atoms with van der Waals surface area (Å²) in [5.41, 5.74) is -0.216. The quantitative estimate of drug-likeness (QED) is 0.681. The fourth-order valence-electron chi connectivity index (χ4n) is 1.69. The highest BCUT2D eigenvalue weighted by Gasteiger charge is 2.21. The third-order valence-electron chi connectivity index (χ3n) is 2.69. The Hall–Kier alpha value is -1.99. The molecule has 0 aliphatic heterocycles. The summed E-state index contributed by atoms with van der Waals surface area (Å²) in [7, 11) is 0. The lowest BCUT2D eigenvalue weighted by Gasteiger charge is -2.21. The van der Waals surface area contributed by atoms with Gasteiger partial charge in [-0.1, -0.05) is 6.07 Å². The highest BCUT2D eigenvalue weighted by atomic mass is 16.6. The molecule has 1 amide bonds. The van der Waals surface area contributed by atoms with Crippen molar-refractivity contribution in [1.29, 1.82) is 0 Å². The van der Waals surface area contributed by atoms with Crippen LogP contribution in [0.4, 0.5) is 4.79 Å². The second-order valence-corrected chi connectivity index (χ2v) is 5.83. The van der Waals surface area contributed by atoms with Gasteiger partial charge in [-0.3, -0.25) is 4.79 Å². The third kappa shape index (κ3) is 6.19. The summed E-state index contributed by atoms with van der Waals surface area (Å²) in [6.45, 7) is 5.38. The molecule has 1 heterocycles. The number of amides is 1. The number of aliphatic hydroxyl groups is 2. The van der Waals surface area contributed by atoms with Crippen LogP contribution in [0.2, 0.25) is 0 Å². The monoisotopic (exact) mass is 310 g/mol. The molecule has 122 valence electrons. The zero-order chi connectivity index (χ0) is 16.8. The molecular weight excluding hydrogens is 288 g/mol. The molecule has 1 aromatic heterocycles. The topological polar surface area (TPSA) is 109 Å². The first-order valence-electron chi connectivity index (χ1n) is 6.98. The number of aromatic nitrogens is 1. The van der Waals surface area contributed by atoms with Crippen molar-refractivity contribution in [3.05, 3.63) is 29.6 Å². The van der Waals surface area contributed by atoms with Gasteiger partial charge in [0.1, 0.15) is 17.4 Å². The minimum Gasteiger partial charge on any atom is -0.444 e. The molecule has 3 N–H and O–H groups in total. The largest absolute Gasteiger partial charge is 0.444 e. The van der Waals surface area contributed by atoms with Crippen LogP contribution in [0.15, 0.2) is 18.2 Å². The summed E-state index contributed by atoms with van der Waals surface area (Å²) in [4.78, 5) is 26.0. The normalized spacial score (nSPS) is 14.0. The molecule has 0 radical (unpaired) electrons. The molecular formula is C15H22N2O5. The Bertz CT molecular complexity index is 513. The van der Waals surface area contributed by atoms with Gasteiger partial charge in [0.25, 0.3) is 0 Å². The maximum Gasteiger partial charge on any atom is 0.407 e. The fourth-order valence-corrected chi connectivity index (χ4v) is 1.69. The van der Waals surface area contributed by atoms with Crippen molar-refractivity contribution in [3.8, 4) is 0 Å². The van der Waals surface area contributed by atoms with Gasteiger partial charge >= 0.3 is 6.09 Å². The van der Waals surface area contributed by atoms with Crippen molar-refractivity contribution >= 4 is 12.4 Å². The summed E-state index contributed by atoms with van der Waals surface area (Å²) in [5.74, 6) is 0. The van der Waals surface area contributed by atoms with E-state index >= 15 is 0 Å². The fraction of sp³-hybridized carbons (Fsp3) is 0.533. The van der Waals surface area contributed by atoms with E-state index in [-0.39, 0.29) is 24.4 Å². The lowest BCUT2D eigenvalue weighted by Crippen LogP contribution is -2.34. The predicted molar refractivity (Wildman–Crippen MR) is 79.4 cm³/mol. The Morgan fingerprint density at radius 3 is 2.68 bits per heavy atom. The van der Waals surface area contributed by atoms with E-state index in [1.165, 1.54) is 12.1 Å². The van der Waals surface area contributed by atoms with E-state index in [0.717, 1.165) is 0 Å². The highest BCUT2D eigenvalue weighted by Crippen LogP contribution is 2.16. The van der Waals surface area contributed by atoms with Crippen molar-refractivity contribution in [1.82, 2.24) is 10.3 Å². The maximum absolute atomic E-state index is 11.4. The van der Waals surface area contributed by atoms with Gasteiger partial charge in [0.2, 0.25) is 0 Å². The number of carbonyl (C=O) groups is 2. The first kappa shape index (κ1) is 18.1. The second kappa shape index (κ2) is 7.86. The van der Waals surface area contributed by atoms with Gasteiger partial charge in [0.15, 0.2) is 6.29 Å². The molecule has 2 atom stereocenters. The molecule has 0 saturated heterocycles. The molecule has 0 spiro atoms. The van der Waals surface area contributed by atoms with Crippen molar-refractivity contribution < 1.29 is 24.5 Å². The average Bonchev–Trinajstić information content (AvgIpc) is 2.44. The molecule has 1 rings (SSSR count). The SMILES string of the molecule is CC(C)(C)OC(=O)NCCC(O)C(O)c1cccc(C=O)n1. The van der Waals surface area contributed by atoms with Crippen LogP contribution >= 0.6 is 0 Å². The first-order valence-corrected chi connectivity index (χ1v) is 6.98. The Labute approximate surface area is 129 Å². The lowest BCUT2D eigenvalue weighted by molar-refractivity contribution is 0.00987. The average molecular weight is 310 g/mol. The van der Waals surface area contributed by atoms with E-state index in [1.54, 1.807) is 26.8 Å². The molecule has 22 heavy (non-hydrogen) atoms. The van der Waals surface area contributed by atoms with Gasteiger partial charge in [-0.25, -0.2) is 9.78 Å². The predicted octanol–water partition coefficient (Wildman–Crippen LogP) is 1.20. The third-order valence-corrected chi connectivity index (χ3v) is 2.69. The molecule has 0 fully saturated rings. The van der Waals surface area contributed by atoms with E-state index in [1.807, 2.05) is 0 Å². The second-order valence-electron chi connectivity index (χ2n) is 5.83. The van der Waals surface area contributed by atoms with E-state index in [4.69, 9.17) is 4.74 Å².